The largest absolute Gasteiger partial charge is 0.409 e. The van der Waals surface area contributed by atoms with Crippen molar-refractivity contribution < 1.29 is 5.21 Å². The van der Waals surface area contributed by atoms with Gasteiger partial charge < -0.3 is 15.8 Å². The molecule has 110 valence electrons. The third-order valence-electron chi connectivity index (χ3n) is 4.21. The van der Waals surface area contributed by atoms with Crippen LogP contribution in [0.2, 0.25) is 0 Å². The van der Waals surface area contributed by atoms with Crippen molar-refractivity contribution in [2.45, 2.75) is 31.6 Å². The number of amidine groups is 1. The molecule has 1 fully saturated rings. The minimum absolute atomic E-state index is 0.0485. The highest BCUT2D eigenvalue weighted by atomic mass is 16.4. The molecule has 4 heteroatoms. The molecule has 1 aromatic carbocycles. The van der Waals surface area contributed by atoms with E-state index in [4.69, 9.17) is 10.9 Å². The molecule has 3 N–H and O–H groups in total. The normalized spacial score (nSPS) is 18.6. The first-order chi connectivity index (χ1) is 9.70. The SMILES string of the molecule is CN(CC1CCCC1)CC(C(N)=NO)c1ccccc1. The highest BCUT2D eigenvalue weighted by molar-refractivity contribution is 5.87. The second-order valence-electron chi connectivity index (χ2n) is 5.86. The van der Waals surface area contributed by atoms with Crippen molar-refractivity contribution in [3.8, 4) is 0 Å². The average Bonchev–Trinajstić information content (AvgIpc) is 2.97. The molecule has 1 aliphatic carbocycles. The quantitative estimate of drug-likeness (QED) is 0.363. The molecule has 0 amide bonds. The van der Waals surface area contributed by atoms with Crippen LogP contribution < -0.4 is 5.73 Å². The predicted octanol–water partition coefficient (Wildman–Crippen LogP) is 2.64. The van der Waals surface area contributed by atoms with E-state index in [0.717, 1.165) is 24.6 Å². The van der Waals surface area contributed by atoms with E-state index in [9.17, 15) is 0 Å². The fourth-order valence-corrected chi connectivity index (χ4v) is 3.14. The van der Waals surface area contributed by atoms with Crippen molar-refractivity contribution in [3.05, 3.63) is 35.9 Å². The summed E-state index contributed by atoms with van der Waals surface area (Å²) in [7, 11) is 2.12. The van der Waals surface area contributed by atoms with Crippen LogP contribution in [0.1, 0.15) is 37.2 Å². The van der Waals surface area contributed by atoms with Gasteiger partial charge in [-0.15, -0.1) is 0 Å². The summed E-state index contributed by atoms with van der Waals surface area (Å²) >= 11 is 0. The highest BCUT2D eigenvalue weighted by Crippen LogP contribution is 2.26. The van der Waals surface area contributed by atoms with Crippen LogP contribution in [0.5, 0.6) is 0 Å². The number of nitrogens with two attached hydrogens (primary N) is 1. The lowest BCUT2D eigenvalue weighted by atomic mass is 9.97. The first kappa shape index (κ1) is 14.9. The van der Waals surface area contributed by atoms with Gasteiger partial charge in [0.1, 0.15) is 5.84 Å². The Morgan fingerprint density at radius 2 is 2.00 bits per heavy atom. The summed E-state index contributed by atoms with van der Waals surface area (Å²) in [6.45, 7) is 1.89. The Kier molecular flexibility index (Phi) is 5.41. The van der Waals surface area contributed by atoms with Crippen molar-refractivity contribution in [1.82, 2.24) is 4.90 Å². The maximum atomic E-state index is 9.01. The molecular formula is C16H25N3O. The van der Waals surface area contributed by atoms with Gasteiger partial charge in [-0.25, -0.2) is 0 Å². The zero-order valence-electron chi connectivity index (χ0n) is 12.2. The summed E-state index contributed by atoms with van der Waals surface area (Å²) in [6, 6.07) is 10.0. The van der Waals surface area contributed by atoms with Crippen LogP contribution in [-0.2, 0) is 0 Å². The zero-order valence-corrected chi connectivity index (χ0v) is 12.2. The second-order valence-corrected chi connectivity index (χ2v) is 5.86. The lowest BCUT2D eigenvalue weighted by Crippen LogP contribution is -2.35. The second kappa shape index (κ2) is 7.29. The van der Waals surface area contributed by atoms with Gasteiger partial charge in [0.25, 0.3) is 0 Å². The molecule has 4 nitrogen and oxygen atoms in total. The Morgan fingerprint density at radius 1 is 1.35 bits per heavy atom. The number of oxime groups is 1. The molecule has 1 atom stereocenters. The van der Waals surface area contributed by atoms with Gasteiger partial charge in [0.05, 0.1) is 5.92 Å². The van der Waals surface area contributed by atoms with Gasteiger partial charge in [-0.1, -0.05) is 48.3 Å². The molecule has 0 aromatic heterocycles. The van der Waals surface area contributed by atoms with Crippen molar-refractivity contribution in [2.75, 3.05) is 20.1 Å². The monoisotopic (exact) mass is 275 g/mol. The topological polar surface area (TPSA) is 61.8 Å². The number of nitrogens with zero attached hydrogens (tertiary/aromatic N) is 2. The van der Waals surface area contributed by atoms with Crippen LogP contribution in [0, 0.1) is 5.92 Å². The Bertz CT molecular complexity index is 427. The zero-order chi connectivity index (χ0) is 14.4. The van der Waals surface area contributed by atoms with Gasteiger partial charge in [-0.2, -0.15) is 0 Å². The summed E-state index contributed by atoms with van der Waals surface area (Å²) in [4.78, 5) is 2.31. The fraction of sp³-hybridized carbons (Fsp3) is 0.562. The molecule has 0 aliphatic heterocycles. The molecule has 1 saturated carbocycles. The summed E-state index contributed by atoms with van der Waals surface area (Å²) in [6.07, 6.45) is 5.40. The van der Waals surface area contributed by atoms with E-state index >= 15 is 0 Å². The van der Waals surface area contributed by atoms with Gasteiger partial charge >= 0.3 is 0 Å². The van der Waals surface area contributed by atoms with Crippen molar-refractivity contribution in [3.63, 3.8) is 0 Å². The first-order valence-corrected chi connectivity index (χ1v) is 7.41. The van der Waals surface area contributed by atoms with E-state index in [2.05, 4.69) is 17.1 Å². The minimum Gasteiger partial charge on any atom is -0.409 e. The number of likely N-dealkylation sites (N-methyl/N-ethyl adjacent to an activating group) is 1. The lowest BCUT2D eigenvalue weighted by molar-refractivity contribution is 0.271. The van der Waals surface area contributed by atoms with E-state index < -0.39 is 0 Å². The molecule has 1 unspecified atom stereocenters. The maximum Gasteiger partial charge on any atom is 0.147 e. The van der Waals surface area contributed by atoms with Crippen LogP contribution in [0.4, 0.5) is 0 Å². The van der Waals surface area contributed by atoms with Gasteiger partial charge in [-0.05, 0) is 31.4 Å². The summed E-state index contributed by atoms with van der Waals surface area (Å²) < 4.78 is 0. The predicted molar refractivity (Wildman–Crippen MR) is 82.0 cm³/mol. The molecule has 0 radical (unpaired) electrons. The fourth-order valence-electron chi connectivity index (χ4n) is 3.14. The van der Waals surface area contributed by atoms with Crippen molar-refractivity contribution in [1.29, 1.82) is 0 Å². The van der Waals surface area contributed by atoms with Crippen molar-refractivity contribution >= 4 is 5.84 Å². The third kappa shape index (κ3) is 3.97. The Balaban J connectivity index is 2.00. The van der Waals surface area contributed by atoms with E-state index in [1.165, 1.54) is 25.7 Å². The van der Waals surface area contributed by atoms with Crippen LogP contribution in [0.25, 0.3) is 0 Å². The summed E-state index contributed by atoms with van der Waals surface area (Å²) in [5, 5.41) is 12.2. The Labute approximate surface area is 121 Å². The van der Waals surface area contributed by atoms with Crippen LogP contribution >= 0.6 is 0 Å². The number of hydrogen-bond donors (Lipinski definition) is 2. The minimum atomic E-state index is -0.0485. The third-order valence-corrected chi connectivity index (χ3v) is 4.21. The molecular weight excluding hydrogens is 250 g/mol. The van der Waals surface area contributed by atoms with E-state index in [0.29, 0.717) is 0 Å². The lowest BCUT2D eigenvalue weighted by Gasteiger charge is -2.25. The van der Waals surface area contributed by atoms with Crippen LogP contribution in [-0.4, -0.2) is 36.1 Å². The molecule has 0 bridgehead atoms. The molecule has 0 spiro atoms. The average molecular weight is 275 g/mol. The number of hydrogen-bond acceptors (Lipinski definition) is 3. The van der Waals surface area contributed by atoms with E-state index in [1.54, 1.807) is 0 Å². The van der Waals surface area contributed by atoms with Crippen LogP contribution in [0.3, 0.4) is 0 Å². The molecule has 20 heavy (non-hydrogen) atoms. The molecule has 2 rings (SSSR count). The highest BCUT2D eigenvalue weighted by Gasteiger charge is 2.22. The van der Waals surface area contributed by atoms with E-state index in [-0.39, 0.29) is 11.8 Å². The Morgan fingerprint density at radius 3 is 2.60 bits per heavy atom. The van der Waals surface area contributed by atoms with Gasteiger partial charge in [-0.3, -0.25) is 0 Å². The molecule has 1 aromatic rings. The molecule has 0 heterocycles. The Hall–Kier alpha value is -1.55. The maximum absolute atomic E-state index is 9.01. The van der Waals surface area contributed by atoms with Crippen molar-refractivity contribution in [2.24, 2.45) is 16.8 Å². The van der Waals surface area contributed by atoms with Gasteiger partial charge in [0.2, 0.25) is 0 Å². The molecule has 0 saturated heterocycles. The summed E-state index contributed by atoms with van der Waals surface area (Å²) in [5.41, 5.74) is 6.98. The van der Waals surface area contributed by atoms with Gasteiger partial charge in [0.15, 0.2) is 0 Å². The van der Waals surface area contributed by atoms with Gasteiger partial charge in [0, 0.05) is 13.1 Å². The number of rotatable bonds is 6. The van der Waals surface area contributed by atoms with E-state index in [1.807, 2.05) is 30.3 Å². The number of benzene rings is 1. The summed E-state index contributed by atoms with van der Waals surface area (Å²) in [5.74, 6) is 1.05. The first-order valence-electron chi connectivity index (χ1n) is 7.41. The smallest absolute Gasteiger partial charge is 0.147 e. The van der Waals surface area contributed by atoms with Crippen LogP contribution in [0.15, 0.2) is 35.5 Å². The molecule has 1 aliphatic rings. The standard InChI is InChI=1S/C16H25N3O/c1-19(11-13-7-5-6-8-13)12-15(16(17)18-20)14-9-3-2-4-10-14/h2-4,9-10,13,15,20H,5-8,11-12H2,1H3,(H2,17,18).